The first kappa shape index (κ1) is 18.0. The normalized spacial score (nSPS) is 26.8. The van der Waals surface area contributed by atoms with E-state index in [4.69, 9.17) is 4.74 Å². The van der Waals surface area contributed by atoms with Gasteiger partial charge in [-0.2, -0.15) is 13.2 Å². The molecule has 2 heterocycles. The number of alkyl halides is 3. The monoisotopic (exact) mass is 336 g/mol. The predicted octanol–water partition coefficient (Wildman–Crippen LogP) is 1.67. The molecule has 0 aromatic heterocycles. The second-order valence-corrected chi connectivity index (χ2v) is 7.30. The van der Waals surface area contributed by atoms with E-state index in [0.29, 0.717) is 19.7 Å². The number of amides is 2. The number of carbonyl (C=O) groups excluding carboxylic acids is 2. The van der Waals surface area contributed by atoms with Crippen molar-refractivity contribution in [3.05, 3.63) is 0 Å². The molecule has 0 saturated carbocycles. The highest BCUT2D eigenvalue weighted by Crippen LogP contribution is 2.28. The third-order valence-electron chi connectivity index (χ3n) is 4.28. The summed E-state index contributed by atoms with van der Waals surface area (Å²) < 4.78 is 43.0. The predicted molar refractivity (Wildman–Crippen MR) is 76.5 cm³/mol. The molecule has 0 aromatic rings. The minimum absolute atomic E-state index is 0.122. The van der Waals surface area contributed by atoms with Crippen LogP contribution in [0.4, 0.5) is 13.2 Å². The van der Waals surface area contributed by atoms with Gasteiger partial charge < -0.3 is 14.5 Å². The van der Waals surface area contributed by atoms with Gasteiger partial charge in [0.2, 0.25) is 11.8 Å². The van der Waals surface area contributed by atoms with Gasteiger partial charge in [0, 0.05) is 26.1 Å². The van der Waals surface area contributed by atoms with E-state index in [2.05, 4.69) is 0 Å². The SMILES string of the molecule is CC(C)(C)[C@@H]1CN(C(=O)[C@@H]2CC(=O)N(CC(F)(F)F)C2)CCO1. The zero-order valence-electron chi connectivity index (χ0n) is 13.7. The lowest BCUT2D eigenvalue weighted by molar-refractivity contribution is -0.157. The second-order valence-electron chi connectivity index (χ2n) is 7.30. The number of carbonyl (C=O) groups is 2. The van der Waals surface area contributed by atoms with Gasteiger partial charge in [0.25, 0.3) is 0 Å². The van der Waals surface area contributed by atoms with Crippen LogP contribution in [0.1, 0.15) is 27.2 Å². The molecule has 2 fully saturated rings. The average molecular weight is 336 g/mol. The zero-order valence-corrected chi connectivity index (χ0v) is 13.7. The number of rotatable bonds is 2. The number of halogens is 3. The van der Waals surface area contributed by atoms with Crippen LogP contribution in [0, 0.1) is 11.3 Å². The Bertz CT molecular complexity index is 474. The van der Waals surface area contributed by atoms with Crippen LogP contribution in [0.5, 0.6) is 0 Å². The zero-order chi connectivity index (χ0) is 17.4. The van der Waals surface area contributed by atoms with Gasteiger partial charge in [-0.05, 0) is 5.41 Å². The molecule has 0 spiro atoms. The summed E-state index contributed by atoms with van der Waals surface area (Å²) in [5, 5.41) is 0. The van der Waals surface area contributed by atoms with Crippen molar-refractivity contribution in [2.75, 3.05) is 32.8 Å². The van der Waals surface area contributed by atoms with Crippen LogP contribution < -0.4 is 0 Å². The Labute approximate surface area is 133 Å². The summed E-state index contributed by atoms with van der Waals surface area (Å²) in [6.45, 7) is 5.81. The van der Waals surface area contributed by atoms with E-state index in [1.807, 2.05) is 20.8 Å². The highest BCUT2D eigenvalue weighted by atomic mass is 19.4. The molecule has 132 valence electrons. The Balaban J connectivity index is 1.97. The van der Waals surface area contributed by atoms with Gasteiger partial charge in [0.1, 0.15) is 6.54 Å². The number of nitrogens with zero attached hydrogens (tertiary/aromatic N) is 2. The van der Waals surface area contributed by atoms with Crippen LogP contribution in [0.2, 0.25) is 0 Å². The fourth-order valence-electron chi connectivity index (χ4n) is 2.94. The molecule has 2 rings (SSSR count). The van der Waals surface area contributed by atoms with Crippen molar-refractivity contribution in [2.24, 2.45) is 11.3 Å². The molecule has 2 aliphatic heterocycles. The van der Waals surface area contributed by atoms with Crippen LogP contribution in [0.15, 0.2) is 0 Å². The molecule has 0 aliphatic carbocycles. The molecule has 2 atom stereocenters. The van der Waals surface area contributed by atoms with E-state index in [1.54, 1.807) is 4.90 Å². The van der Waals surface area contributed by atoms with Crippen LogP contribution in [0.3, 0.4) is 0 Å². The van der Waals surface area contributed by atoms with E-state index in [9.17, 15) is 22.8 Å². The standard InChI is InChI=1S/C15H23F3N2O3/c1-14(2,3)11-8-19(4-5-23-11)13(22)10-6-12(21)20(7-10)9-15(16,17)18/h10-11H,4-9H2,1-3H3/t10-,11+/m1/s1. The third-order valence-corrected chi connectivity index (χ3v) is 4.28. The quantitative estimate of drug-likeness (QED) is 0.771. The van der Waals surface area contributed by atoms with Crippen LogP contribution >= 0.6 is 0 Å². The molecule has 0 bridgehead atoms. The smallest absolute Gasteiger partial charge is 0.374 e. The molecule has 0 radical (unpaired) electrons. The van der Waals surface area contributed by atoms with E-state index in [1.165, 1.54) is 0 Å². The number of hydrogen-bond donors (Lipinski definition) is 0. The average Bonchev–Trinajstić information content (AvgIpc) is 2.76. The Kier molecular flexibility index (Phi) is 4.94. The highest BCUT2D eigenvalue weighted by Gasteiger charge is 2.43. The first-order valence-electron chi connectivity index (χ1n) is 7.72. The first-order chi connectivity index (χ1) is 10.5. The lowest BCUT2D eigenvalue weighted by Crippen LogP contribution is -2.51. The van der Waals surface area contributed by atoms with Gasteiger partial charge in [0.15, 0.2) is 0 Å². The summed E-state index contributed by atoms with van der Waals surface area (Å²) in [5.74, 6) is -1.55. The van der Waals surface area contributed by atoms with Crippen molar-refractivity contribution in [2.45, 2.75) is 39.5 Å². The summed E-state index contributed by atoms with van der Waals surface area (Å²) in [5.41, 5.74) is -0.132. The fraction of sp³-hybridized carbons (Fsp3) is 0.867. The fourth-order valence-corrected chi connectivity index (χ4v) is 2.94. The van der Waals surface area contributed by atoms with Crippen LogP contribution in [-0.2, 0) is 14.3 Å². The Hall–Kier alpha value is -1.31. The molecule has 23 heavy (non-hydrogen) atoms. The molecule has 8 heteroatoms. The van der Waals surface area contributed by atoms with Crippen LogP contribution in [-0.4, -0.2) is 66.7 Å². The largest absolute Gasteiger partial charge is 0.406 e. The minimum Gasteiger partial charge on any atom is -0.374 e. The molecule has 0 N–H and O–H groups in total. The van der Waals surface area contributed by atoms with Crippen molar-refractivity contribution < 1.29 is 27.5 Å². The Morgan fingerprint density at radius 1 is 1.26 bits per heavy atom. The van der Waals surface area contributed by atoms with E-state index in [0.717, 1.165) is 4.90 Å². The maximum Gasteiger partial charge on any atom is 0.406 e. The van der Waals surface area contributed by atoms with Gasteiger partial charge in [-0.1, -0.05) is 20.8 Å². The lowest BCUT2D eigenvalue weighted by atomic mass is 9.88. The number of hydrogen-bond acceptors (Lipinski definition) is 3. The molecular weight excluding hydrogens is 313 g/mol. The van der Waals surface area contributed by atoms with Crippen molar-refractivity contribution in [3.8, 4) is 0 Å². The third kappa shape index (κ3) is 4.59. The Morgan fingerprint density at radius 3 is 2.48 bits per heavy atom. The van der Waals surface area contributed by atoms with E-state index >= 15 is 0 Å². The van der Waals surface area contributed by atoms with Gasteiger partial charge in [-0.25, -0.2) is 0 Å². The maximum atomic E-state index is 12.5. The molecule has 2 amide bonds. The van der Waals surface area contributed by atoms with Crippen LogP contribution in [0.25, 0.3) is 0 Å². The molecule has 0 unspecified atom stereocenters. The Morgan fingerprint density at radius 2 is 1.91 bits per heavy atom. The summed E-state index contributed by atoms with van der Waals surface area (Å²) in [6.07, 6.45) is -4.71. The van der Waals surface area contributed by atoms with Gasteiger partial charge in [-0.3, -0.25) is 9.59 Å². The molecule has 2 aliphatic rings. The number of ether oxygens (including phenoxy) is 1. The van der Waals surface area contributed by atoms with Gasteiger partial charge in [-0.15, -0.1) is 0 Å². The number of morpholine rings is 1. The van der Waals surface area contributed by atoms with E-state index in [-0.39, 0.29) is 30.4 Å². The lowest BCUT2D eigenvalue weighted by Gasteiger charge is -2.40. The van der Waals surface area contributed by atoms with E-state index < -0.39 is 24.5 Å². The molecule has 2 saturated heterocycles. The summed E-state index contributed by atoms with van der Waals surface area (Å²) in [4.78, 5) is 26.6. The molecule has 0 aromatic carbocycles. The van der Waals surface area contributed by atoms with Gasteiger partial charge in [0.05, 0.1) is 18.6 Å². The highest BCUT2D eigenvalue weighted by molar-refractivity contribution is 5.89. The minimum atomic E-state index is -4.44. The summed E-state index contributed by atoms with van der Waals surface area (Å²) in [6, 6.07) is 0. The maximum absolute atomic E-state index is 12.5. The summed E-state index contributed by atoms with van der Waals surface area (Å²) in [7, 11) is 0. The van der Waals surface area contributed by atoms with Gasteiger partial charge >= 0.3 is 6.18 Å². The van der Waals surface area contributed by atoms with Crippen molar-refractivity contribution in [3.63, 3.8) is 0 Å². The summed E-state index contributed by atoms with van der Waals surface area (Å²) >= 11 is 0. The molecular formula is C15H23F3N2O3. The molecule has 5 nitrogen and oxygen atoms in total. The topological polar surface area (TPSA) is 49.9 Å². The van der Waals surface area contributed by atoms with Crippen molar-refractivity contribution >= 4 is 11.8 Å². The first-order valence-corrected chi connectivity index (χ1v) is 7.72. The number of likely N-dealkylation sites (tertiary alicyclic amines) is 1. The van der Waals surface area contributed by atoms with Crippen molar-refractivity contribution in [1.29, 1.82) is 0 Å². The second kappa shape index (κ2) is 6.30. The van der Waals surface area contributed by atoms with Crippen molar-refractivity contribution in [1.82, 2.24) is 9.80 Å².